The molecule has 0 aliphatic heterocycles. The van der Waals surface area contributed by atoms with Gasteiger partial charge in [0.15, 0.2) is 0 Å². The van der Waals surface area contributed by atoms with E-state index in [-0.39, 0.29) is 16.8 Å². The Hall–Kier alpha value is -0.530. The molecule has 0 aliphatic rings. The van der Waals surface area contributed by atoms with E-state index in [4.69, 9.17) is 4.74 Å². The Morgan fingerprint density at radius 1 is 1.15 bits per heavy atom. The summed E-state index contributed by atoms with van der Waals surface area (Å²) in [5.74, 6) is -0.0787. The van der Waals surface area contributed by atoms with E-state index >= 15 is 0 Å². The van der Waals surface area contributed by atoms with Crippen molar-refractivity contribution >= 4 is 5.97 Å². The number of hydrogen-bond donors (Lipinski definition) is 0. The van der Waals surface area contributed by atoms with Crippen LogP contribution in [0, 0.1) is 10.8 Å². The Labute approximate surface area is 81.7 Å². The molecule has 1 atom stereocenters. The Morgan fingerprint density at radius 2 is 1.62 bits per heavy atom. The maximum absolute atomic E-state index is 11.7. The molecule has 0 spiro atoms. The summed E-state index contributed by atoms with van der Waals surface area (Å²) in [5, 5.41) is 0. The normalized spacial score (nSPS) is 16.5. The van der Waals surface area contributed by atoms with Crippen molar-refractivity contribution in [3.05, 3.63) is 0 Å². The fraction of sp³-hybridized carbons (Fsp3) is 0.909. The van der Waals surface area contributed by atoms with Gasteiger partial charge in [-0.1, -0.05) is 27.7 Å². The highest BCUT2D eigenvalue weighted by Crippen LogP contribution is 2.42. The third-order valence-electron chi connectivity index (χ3n) is 3.09. The number of ether oxygens (including phenoxy) is 1. The van der Waals surface area contributed by atoms with Crippen LogP contribution in [0.25, 0.3) is 0 Å². The largest absolute Gasteiger partial charge is 0.466 e. The highest BCUT2D eigenvalue weighted by molar-refractivity contribution is 5.77. The zero-order chi connectivity index (χ0) is 10.7. The van der Waals surface area contributed by atoms with Crippen molar-refractivity contribution in [3.63, 3.8) is 0 Å². The van der Waals surface area contributed by atoms with Crippen molar-refractivity contribution in [1.82, 2.24) is 0 Å². The maximum Gasteiger partial charge on any atom is 0.312 e. The van der Waals surface area contributed by atoms with Gasteiger partial charge in [-0.2, -0.15) is 0 Å². The molecule has 0 bridgehead atoms. The van der Waals surface area contributed by atoms with E-state index in [0.29, 0.717) is 6.61 Å². The Bertz CT molecular complexity index is 179. The SMILES string of the molecule is CCOC(=O)[C@](C)(CC)C(C)(C)C. The molecule has 0 heterocycles. The van der Waals surface area contributed by atoms with E-state index in [1.165, 1.54) is 0 Å². The average Bonchev–Trinajstić information content (AvgIpc) is 2.01. The summed E-state index contributed by atoms with van der Waals surface area (Å²) in [6.45, 7) is 12.5. The third kappa shape index (κ3) is 2.45. The lowest BCUT2D eigenvalue weighted by Gasteiger charge is -2.38. The van der Waals surface area contributed by atoms with Crippen molar-refractivity contribution in [3.8, 4) is 0 Å². The van der Waals surface area contributed by atoms with Gasteiger partial charge < -0.3 is 4.74 Å². The van der Waals surface area contributed by atoms with Crippen LogP contribution in [0.15, 0.2) is 0 Å². The minimum Gasteiger partial charge on any atom is -0.466 e. The maximum atomic E-state index is 11.7. The van der Waals surface area contributed by atoms with Gasteiger partial charge in [0.05, 0.1) is 12.0 Å². The van der Waals surface area contributed by atoms with Gasteiger partial charge in [-0.3, -0.25) is 4.79 Å². The van der Waals surface area contributed by atoms with Gasteiger partial charge >= 0.3 is 5.97 Å². The zero-order valence-electron chi connectivity index (χ0n) is 9.73. The van der Waals surface area contributed by atoms with Gasteiger partial charge in [0.1, 0.15) is 0 Å². The van der Waals surface area contributed by atoms with Crippen molar-refractivity contribution in [2.45, 2.75) is 48.0 Å². The molecule has 0 rings (SSSR count). The van der Waals surface area contributed by atoms with E-state index in [0.717, 1.165) is 6.42 Å². The minimum atomic E-state index is -0.372. The van der Waals surface area contributed by atoms with E-state index in [9.17, 15) is 4.79 Å². The van der Waals surface area contributed by atoms with Gasteiger partial charge in [0, 0.05) is 0 Å². The number of hydrogen-bond acceptors (Lipinski definition) is 2. The summed E-state index contributed by atoms with van der Waals surface area (Å²) in [7, 11) is 0. The smallest absolute Gasteiger partial charge is 0.312 e. The van der Waals surface area contributed by atoms with Crippen molar-refractivity contribution in [1.29, 1.82) is 0 Å². The molecule has 0 radical (unpaired) electrons. The summed E-state index contributed by atoms with van der Waals surface area (Å²) in [4.78, 5) is 11.7. The Balaban J connectivity index is 4.73. The minimum absolute atomic E-state index is 0.0476. The topological polar surface area (TPSA) is 26.3 Å². The van der Waals surface area contributed by atoms with Gasteiger partial charge in [0.25, 0.3) is 0 Å². The highest BCUT2D eigenvalue weighted by atomic mass is 16.5. The van der Waals surface area contributed by atoms with Crippen molar-refractivity contribution in [2.24, 2.45) is 10.8 Å². The Morgan fingerprint density at radius 3 is 1.85 bits per heavy atom. The van der Waals surface area contributed by atoms with Crippen LogP contribution in [0.3, 0.4) is 0 Å². The van der Waals surface area contributed by atoms with E-state index in [1.54, 1.807) is 0 Å². The zero-order valence-corrected chi connectivity index (χ0v) is 9.73. The van der Waals surface area contributed by atoms with Crippen LogP contribution in [0.2, 0.25) is 0 Å². The number of rotatable bonds is 3. The van der Waals surface area contributed by atoms with Crippen LogP contribution in [0.4, 0.5) is 0 Å². The molecule has 0 aromatic rings. The second-order valence-corrected chi connectivity index (χ2v) is 4.66. The molecule has 0 saturated carbocycles. The van der Waals surface area contributed by atoms with Crippen LogP contribution in [0.1, 0.15) is 48.0 Å². The summed E-state index contributed by atoms with van der Waals surface area (Å²) in [5.41, 5.74) is -0.420. The second-order valence-electron chi connectivity index (χ2n) is 4.66. The first-order valence-electron chi connectivity index (χ1n) is 4.96. The first-order chi connectivity index (χ1) is 5.79. The standard InChI is InChI=1S/C11H22O2/c1-7-11(6,10(3,4)5)9(12)13-8-2/h7-8H2,1-6H3/t11-/m0/s1. The summed E-state index contributed by atoms with van der Waals surface area (Å²) in [6.07, 6.45) is 0.815. The predicted octanol–water partition coefficient (Wildman–Crippen LogP) is 3.01. The molecule has 2 nitrogen and oxygen atoms in total. The molecule has 0 aromatic carbocycles. The van der Waals surface area contributed by atoms with E-state index in [1.807, 2.05) is 20.8 Å². The lowest BCUT2D eigenvalue weighted by atomic mass is 9.66. The number of carbonyl (C=O) groups is 1. The fourth-order valence-electron chi connectivity index (χ4n) is 1.27. The first kappa shape index (κ1) is 12.5. The molecule has 0 unspecified atom stereocenters. The molecule has 0 aromatic heterocycles. The summed E-state index contributed by atoms with van der Waals surface area (Å²) >= 11 is 0. The molecule has 0 aliphatic carbocycles. The average molecular weight is 186 g/mol. The van der Waals surface area contributed by atoms with Crippen molar-refractivity contribution in [2.75, 3.05) is 6.61 Å². The molecule has 0 amide bonds. The van der Waals surface area contributed by atoms with Gasteiger partial charge in [0.2, 0.25) is 0 Å². The highest BCUT2D eigenvalue weighted by Gasteiger charge is 2.43. The van der Waals surface area contributed by atoms with Crippen LogP contribution in [-0.4, -0.2) is 12.6 Å². The third-order valence-corrected chi connectivity index (χ3v) is 3.09. The lowest BCUT2D eigenvalue weighted by Crippen LogP contribution is -2.41. The van der Waals surface area contributed by atoms with Crippen LogP contribution < -0.4 is 0 Å². The van der Waals surface area contributed by atoms with E-state index < -0.39 is 0 Å². The molecule has 0 fully saturated rings. The number of carbonyl (C=O) groups excluding carboxylic acids is 1. The molecule has 78 valence electrons. The quantitative estimate of drug-likeness (QED) is 0.633. The van der Waals surface area contributed by atoms with E-state index in [2.05, 4.69) is 20.8 Å². The van der Waals surface area contributed by atoms with Crippen molar-refractivity contribution < 1.29 is 9.53 Å². The molecule has 2 heteroatoms. The molecular formula is C11H22O2. The lowest BCUT2D eigenvalue weighted by molar-refractivity contribution is -0.161. The fourth-order valence-corrected chi connectivity index (χ4v) is 1.27. The summed E-state index contributed by atoms with van der Waals surface area (Å²) < 4.78 is 5.09. The molecule has 0 saturated heterocycles. The Kier molecular flexibility index (Phi) is 3.95. The first-order valence-corrected chi connectivity index (χ1v) is 4.96. The van der Waals surface area contributed by atoms with Crippen LogP contribution in [-0.2, 0) is 9.53 Å². The summed E-state index contributed by atoms with van der Waals surface area (Å²) in [6, 6.07) is 0. The van der Waals surface area contributed by atoms with Gasteiger partial charge in [-0.05, 0) is 25.7 Å². The number of esters is 1. The monoisotopic (exact) mass is 186 g/mol. The predicted molar refractivity (Wildman–Crippen MR) is 54.5 cm³/mol. The molecule has 0 N–H and O–H groups in total. The second kappa shape index (κ2) is 4.12. The van der Waals surface area contributed by atoms with Gasteiger partial charge in [-0.25, -0.2) is 0 Å². The molecular weight excluding hydrogens is 164 g/mol. The molecule has 13 heavy (non-hydrogen) atoms. The van der Waals surface area contributed by atoms with Gasteiger partial charge in [-0.15, -0.1) is 0 Å². The van der Waals surface area contributed by atoms with Crippen LogP contribution >= 0.6 is 0 Å². The van der Waals surface area contributed by atoms with Crippen LogP contribution in [0.5, 0.6) is 0 Å².